The van der Waals surface area contributed by atoms with Crippen molar-refractivity contribution in [3.8, 4) is 0 Å². The number of sulfonamides is 1. The molecule has 0 saturated carbocycles. The highest BCUT2D eigenvalue weighted by Gasteiger charge is 2.07. The van der Waals surface area contributed by atoms with E-state index in [0.29, 0.717) is 5.69 Å². The van der Waals surface area contributed by atoms with Crippen LogP contribution in [-0.2, 0) is 10.0 Å². The summed E-state index contributed by atoms with van der Waals surface area (Å²) in [5.74, 6) is -0.294. The Morgan fingerprint density at radius 3 is 2.71 bits per heavy atom. The van der Waals surface area contributed by atoms with Crippen LogP contribution in [0.15, 0.2) is 24.3 Å². The van der Waals surface area contributed by atoms with Gasteiger partial charge >= 0.3 is 6.03 Å². The van der Waals surface area contributed by atoms with Gasteiger partial charge in [0.1, 0.15) is 0 Å². The second kappa shape index (κ2) is 7.96. The van der Waals surface area contributed by atoms with Gasteiger partial charge in [-0.15, -0.1) is 0 Å². The molecule has 1 unspecified atom stereocenters. The molecule has 8 heteroatoms. The molecule has 1 aromatic rings. The van der Waals surface area contributed by atoms with E-state index < -0.39 is 16.1 Å². The summed E-state index contributed by atoms with van der Waals surface area (Å²) in [5, 5.41) is 13.2. The van der Waals surface area contributed by atoms with Crippen molar-refractivity contribution in [2.45, 2.75) is 19.9 Å². The molecule has 0 spiro atoms. The maximum atomic E-state index is 11.6. The second-order valence-corrected chi connectivity index (χ2v) is 6.39. The van der Waals surface area contributed by atoms with E-state index in [0.717, 1.165) is 12.1 Å². The number of nitrogens with two attached hydrogens (primary N) is 1. The quantitative estimate of drug-likeness (QED) is 0.595. The number of hydrogen-bond donors (Lipinski definition) is 4. The standard InChI is InChI=1S/C13H22N4O3S/c1-3-15-10(2)11-5-4-6-12(9-11)17-13(18)16-7-8-21(14,19)20/h4-6,9-10,15H,3,7-8H2,1-2H3,(H2,14,19,20)(H2,16,17,18). The fourth-order valence-corrected chi connectivity index (χ4v) is 2.18. The first-order chi connectivity index (χ1) is 9.81. The SMILES string of the molecule is CCNC(C)c1cccc(NC(=O)NCCS(N)(=O)=O)c1. The Morgan fingerprint density at radius 2 is 2.10 bits per heavy atom. The monoisotopic (exact) mass is 314 g/mol. The average Bonchev–Trinajstić information content (AvgIpc) is 2.37. The molecule has 0 aliphatic heterocycles. The number of amides is 2. The van der Waals surface area contributed by atoms with Crippen LogP contribution in [0.1, 0.15) is 25.5 Å². The number of primary sulfonamides is 1. The van der Waals surface area contributed by atoms with Crippen molar-refractivity contribution in [1.29, 1.82) is 0 Å². The molecule has 5 N–H and O–H groups in total. The summed E-state index contributed by atoms with van der Waals surface area (Å²) < 4.78 is 21.5. The molecule has 0 aliphatic carbocycles. The van der Waals surface area contributed by atoms with Gasteiger partial charge in [-0.3, -0.25) is 0 Å². The molecular weight excluding hydrogens is 292 g/mol. The number of hydrogen-bond acceptors (Lipinski definition) is 4. The summed E-state index contributed by atoms with van der Waals surface area (Å²) >= 11 is 0. The van der Waals surface area contributed by atoms with Crippen LogP contribution in [0.3, 0.4) is 0 Å². The molecule has 7 nitrogen and oxygen atoms in total. The third-order valence-electron chi connectivity index (χ3n) is 2.83. The van der Waals surface area contributed by atoms with E-state index in [-0.39, 0.29) is 18.3 Å². The number of benzene rings is 1. The van der Waals surface area contributed by atoms with Gasteiger partial charge in [-0.2, -0.15) is 0 Å². The van der Waals surface area contributed by atoms with Gasteiger partial charge < -0.3 is 16.0 Å². The molecule has 1 rings (SSSR count). The molecule has 0 aliphatic rings. The zero-order valence-electron chi connectivity index (χ0n) is 12.2. The molecular formula is C13H22N4O3S. The lowest BCUT2D eigenvalue weighted by molar-refractivity contribution is 0.252. The Hall–Kier alpha value is -1.64. The van der Waals surface area contributed by atoms with Crippen LogP contribution in [0.25, 0.3) is 0 Å². The van der Waals surface area contributed by atoms with E-state index >= 15 is 0 Å². The summed E-state index contributed by atoms with van der Waals surface area (Å²) in [5.41, 5.74) is 1.70. The minimum atomic E-state index is -3.57. The molecule has 0 heterocycles. The molecule has 1 atom stereocenters. The van der Waals surface area contributed by atoms with Crippen molar-refractivity contribution in [2.75, 3.05) is 24.2 Å². The number of carbonyl (C=O) groups is 1. The fraction of sp³-hybridized carbons (Fsp3) is 0.462. The maximum absolute atomic E-state index is 11.6. The Balaban J connectivity index is 2.54. The lowest BCUT2D eigenvalue weighted by atomic mass is 10.1. The molecule has 21 heavy (non-hydrogen) atoms. The summed E-state index contributed by atoms with van der Waals surface area (Å²) in [6, 6.07) is 7.17. The van der Waals surface area contributed by atoms with E-state index in [9.17, 15) is 13.2 Å². The van der Waals surface area contributed by atoms with Gasteiger partial charge in [-0.05, 0) is 31.2 Å². The Labute approximate surface area is 125 Å². The van der Waals surface area contributed by atoms with Crippen LogP contribution >= 0.6 is 0 Å². The van der Waals surface area contributed by atoms with Crippen LogP contribution in [0.2, 0.25) is 0 Å². The number of urea groups is 1. The normalized spacial score (nSPS) is 12.7. The molecule has 0 saturated heterocycles. The Morgan fingerprint density at radius 1 is 1.38 bits per heavy atom. The van der Waals surface area contributed by atoms with Crippen molar-refractivity contribution in [1.82, 2.24) is 10.6 Å². The van der Waals surface area contributed by atoms with E-state index in [1.165, 1.54) is 0 Å². The molecule has 0 radical (unpaired) electrons. The Kier molecular flexibility index (Phi) is 6.60. The highest BCUT2D eigenvalue weighted by Crippen LogP contribution is 2.17. The highest BCUT2D eigenvalue weighted by molar-refractivity contribution is 7.89. The average molecular weight is 314 g/mol. The summed E-state index contributed by atoms with van der Waals surface area (Å²) in [4.78, 5) is 11.6. The van der Waals surface area contributed by atoms with Crippen molar-refractivity contribution in [3.63, 3.8) is 0 Å². The second-order valence-electron chi connectivity index (χ2n) is 4.65. The maximum Gasteiger partial charge on any atom is 0.319 e. The summed E-state index contributed by atoms with van der Waals surface area (Å²) in [7, 11) is -3.57. The zero-order chi connectivity index (χ0) is 15.9. The van der Waals surface area contributed by atoms with Gasteiger partial charge in [-0.1, -0.05) is 19.1 Å². The van der Waals surface area contributed by atoms with Crippen LogP contribution in [-0.4, -0.2) is 33.3 Å². The lowest BCUT2D eigenvalue weighted by Crippen LogP contribution is -2.34. The van der Waals surface area contributed by atoms with Crippen LogP contribution < -0.4 is 21.1 Å². The molecule has 0 bridgehead atoms. The van der Waals surface area contributed by atoms with Crippen LogP contribution in [0.4, 0.5) is 10.5 Å². The predicted molar refractivity (Wildman–Crippen MR) is 83.5 cm³/mol. The Bertz CT molecular complexity index is 575. The van der Waals surface area contributed by atoms with E-state index in [2.05, 4.69) is 16.0 Å². The number of carbonyl (C=O) groups excluding carboxylic acids is 1. The predicted octanol–water partition coefficient (Wildman–Crippen LogP) is 0.767. The summed E-state index contributed by atoms with van der Waals surface area (Å²) in [6.45, 7) is 4.89. The van der Waals surface area contributed by atoms with Crippen LogP contribution in [0.5, 0.6) is 0 Å². The number of rotatable bonds is 7. The minimum Gasteiger partial charge on any atom is -0.337 e. The van der Waals surface area contributed by atoms with E-state index in [1.807, 2.05) is 32.0 Å². The van der Waals surface area contributed by atoms with Crippen molar-refractivity contribution in [2.24, 2.45) is 5.14 Å². The van der Waals surface area contributed by atoms with E-state index in [4.69, 9.17) is 5.14 Å². The van der Waals surface area contributed by atoms with Crippen molar-refractivity contribution in [3.05, 3.63) is 29.8 Å². The largest absolute Gasteiger partial charge is 0.337 e. The van der Waals surface area contributed by atoms with Crippen LogP contribution in [0, 0.1) is 0 Å². The molecule has 2 amide bonds. The van der Waals surface area contributed by atoms with E-state index in [1.54, 1.807) is 6.07 Å². The minimum absolute atomic E-state index is 0.0296. The smallest absolute Gasteiger partial charge is 0.319 e. The van der Waals surface area contributed by atoms with Crippen molar-refractivity contribution < 1.29 is 13.2 Å². The third-order valence-corrected chi connectivity index (χ3v) is 3.60. The van der Waals surface area contributed by atoms with Gasteiger partial charge in [0.2, 0.25) is 10.0 Å². The molecule has 1 aromatic carbocycles. The first-order valence-electron chi connectivity index (χ1n) is 6.70. The van der Waals surface area contributed by atoms with Crippen molar-refractivity contribution >= 4 is 21.7 Å². The topological polar surface area (TPSA) is 113 Å². The van der Waals surface area contributed by atoms with Gasteiger partial charge in [0, 0.05) is 18.3 Å². The van der Waals surface area contributed by atoms with Gasteiger partial charge in [0.15, 0.2) is 0 Å². The molecule has 118 valence electrons. The lowest BCUT2D eigenvalue weighted by Gasteiger charge is -2.14. The fourth-order valence-electron chi connectivity index (χ4n) is 1.79. The summed E-state index contributed by atoms with van der Waals surface area (Å²) in [6.07, 6.45) is 0. The first kappa shape index (κ1) is 17.4. The van der Waals surface area contributed by atoms with Gasteiger partial charge in [0.05, 0.1) is 5.75 Å². The highest BCUT2D eigenvalue weighted by atomic mass is 32.2. The molecule has 0 aromatic heterocycles. The molecule has 0 fully saturated rings. The first-order valence-corrected chi connectivity index (χ1v) is 8.42. The zero-order valence-corrected chi connectivity index (χ0v) is 13.0. The third kappa shape index (κ3) is 7.07. The van der Waals surface area contributed by atoms with Gasteiger partial charge in [0.25, 0.3) is 0 Å². The number of anilines is 1. The van der Waals surface area contributed by atoms with Gasteiger partial charge in [-0.25, -0.2) is 18.4 Å². The number of nitrogens with one attached hydrogen (secondary N) is 3.